The molecule has 7 nitrogen and oxygen atoms in total. The number of nitrogens with one attached hydrogen (secondary N) is 1. The maximum absolute atomic E-state index is 10.9. The van der Waals surface area contributed by atoms with Gasteiger partial charge in [-0.1, -0.05) is 0 Å². The van der Waals surface area contributed by atoms with Crippen LogP contribution < -0.4 is 10.1 Å². The minimum absolute atomic E-state index is 0.00552. The number of aromatic nitrogens is 1. The molecule has 0 aliphatic rings. The van der Waals surface area contributed by atoms with Crippen molar-refractivity contribution in [1.82, 2.24) is 4.98 Å². The summed E-state index contributed by atoms with van der Waals surface area (Å²) in [5, 5.41) is 13.9. The van der Waals surface area contributed by atoms with E-state index in [0.29, 0.717) is 19.0 Å². The highest BCUT2D eigenvalue weighted by Gasteiger charge is 2.18. The molecule has 0 unspecified atom stereocenters. The van der Waals surface area contributed by atoms with Crippen LogP contribution >= 0.6 is 0 Å². The largest absolute Gasteiger partial charge is 0.470 e. The number of hydrogen-bond donors (Lipinski definition) is 1. The SMILES string of the molecule is CCNc1ccc([N+](=O)[O-])c(OCCOC(C)(C)C)n1. The van der Waals surface area contributed by atoms with E-state index in [2.05, 4.69) is 10.3 Å². The Labute approximate surface area is 118 Å². The van der Waals surface area contributed by atoms with E-state index in [9.17, 15) is 10.1 Å². The number of ether oxygens (including phenoxy) is 2. The Morgan fingerprint density at radius 1 is 1.35 bits per heavy atom. The molecule has 1 N–H and O–H groups in total. The third-order valence-corrected chi connectivity index (χ3v) is 2.25. The highest BCUT2D eigenvalue weighted by Crippen LogP contribution is 2.26. The summed E-state index contributed by atoms with van der Waals surface area (Å²) < 4.78 is 10.9. The Kier molecular flexibility index (Phi) is 5.69. The van der Waals surface area contributed by atoms with Gasteiger partial charge in [-0.15, -0.1) is 0 Å². The van der Waals surface area contributed by atoms with Crippen LogP contribution in [0.15, 0.2) is 12.1 Å². The van der Waals surface area contributed by atoms with Gasteiger partial charge in [0, 0.05) is 12.6 Å². The fraction of sp³-hybridized carbons (Fsp3) is 0.615. The summed E-state index contributed by atoms with van der Waals surface area (Å²) in [6.45, 7) is 8.94. The van der Waals surface area contributed by atoms with Crippen molar-refractivity contribution in [2.24, 2.45) is 0 Å². The van der Waals surface area contributed by atoms with Gasteiger partial charge in [-0.3, -0.25) is 10.1 Å². The van der Waals surface area contributed by atoms with Gasteiger partial charge in [0.1, 0.15) is 12.4 Å². The summed E-state index contributed by atoms with van der Waals surface area (Å²) in [5.41, 5.74) is -0.420. The van der Waals surface area contributed by atoms with E-state index in [0.717, 1.165) is 0 Å². The highest BCUT2D eigenvalue weighted by molar-refractivity contribution is 5.49. The minimum atomic E-state index is -0.511. The molecule has 0 amide bonds. The summed E-state index contributed by atoms with van der Waals surface area (Å²) >= 11 is 0. The lowest BCUT2D eigenvalue weighted by molar-refractivity contribution is -0.386. The Balaban J connectivity index is 2.70. The quantitative estimate of drug-likeness (QED) is 0.470. The summed E-state index contributed by atoms with van der Waals surface area (Å²) in [7, 11) is 0. The number of pyridine rings is 1. The topological polar surface area (TPSA) is 86.5 Å². The molecule has 0 radical (unpaired) electrons. The Hall–Kier alpha value is -1.89. The first-order valence-electron chi connectivity index (χ1n) is 6.49. The van der Waals surface area contributed by atoms with Crippen molar-refractivity contribution >= 4 is 11.5 Å². The van der Waals surface area contributed by atoms with Crippen LogP contribution in [-0.4, -0.2) is 35.3 Å². The van der Waals surface area contributed by atoms with Crippen LogP contribution in [0.3, 0.4) is 0 Å². The Morgan fingerprint density at radius 3 is 2.60 bits per heavy atom. The van der Waals surface area contributed by atoms with Crippen LogP contribution in [0.25, 0.3) is 0 Å². The third kappa shape index (κ3) is 5.40. The van der Waals surface area contributed by atoms with Crippen molar-refractivity contribution in [2.45, 2.75) is 33.3 Å². The smallest absolute Gasteiger partial charge is 0.331 e. The van der Waals surface area contributed by atoms with Gasteiger partial charge in [-0.05, 0) is 33.8 Å². The second-order valence-corrected chi connectivity index (χ2v) is 5.12. The molecule has 20 heavy (non-hydrogen) atoms. The number of nitro groups is 1. The van der Waals surface area contributed by atoms with Crippen LogP contribution in [0.2, 0.25) is 0 Å². The lowest BCUT2D eigenvalue weighted by Gasteiger charge is -2.19. The van der Waals surface area contributed by atoms with E-state index in [1.165, 1.54) is 6.07 Å². The summed E-state index contributed by atoms with van der Waals surface area (Å²) in [5.74, 6) is 0.552. The van der Waals surface area contributed by atoms with Crippen molar-refractivity contribution < 1.29 is 14.4 Å². The molecule has 0 aromatic carbocycles. The molecule has 1 aromatic rings. The van der Waals surface area contributed by atoms with E-state index < -0.39 is 4.92 Å². The molecule has 1 heterocycles. The average Bonchev–Trinajstić information content (AvgIpc) is 2.34. The summed E-state index contributed by atoms with van der Waals surface area (Å²) in [6.07, 6.45) is 0. The molecule has 0 spiro atoms. The van der Waals surface area contributed by atoms with Gasteiger partial charge in [0.15, 0.2) is 0 Å². The molecule has 0 aliphatic heterocycles. The minimum Gasteiger partial charge on any atom is -0.470 e. The molecule has 0 saturated carbocycles. The van der Waals surface area contributed by atoms with E-state index >= 15 is 0 Å². The zero-order chi connectivity index (χ0) is 15.2. The predicted molar refractivity (Wildman–Crippen MR) is 76.3 cm³/mol. The summed E-state index contributed by atoms with van der Waals surface area (Å²) in [6, 6.07) is 2.94. The molecule has 0 saturated heterocycles. The lowest BCUT2D eigenvalue weighted by atomic mass is 10.2. The highest BCUT2D eigenvalue weighted by atomic mass is 16.6. The van der Waals surface area contributed by atoms with Gasteiger partial charge in [0.05, 0.1) is 17.1 Å². The molecular weight excluding hydrogens is 262 g/mol. The fourth-order valence-corrected chi connectivity index (χ4v) is 1.44. The molecule has 0 fully saturated rings. The van der Waals surface area contributed by atoms with Crippen LogP contribution in [0.4, 0.5) is 11.5 Å². The maximum Gasteiger partial charge on any atom is 0.331 e. The van der Waals surface area contributed by atoms with Crippen molar-refractivity contribution in [1.29, 1.82) is 0 Å². The number of hydrogen-bond acceptors (Lipinski definition) is 6. The predicted octanol–water partition coefficient (Wildman–Crippen LogP) is 2.62. The third-order valence-electron chi connectivity index (χ3n) is 2.25. The monoisotopic (exact) mass is 283 g/mol. The van der Waals surface area contributed by atoms with Gasteiger partial charge in [0.2, 0.25) is 0 Å². The second-order valence-electron chi connectivity index (χ2n) is 5.12. The number of nitrogens with zero attached hydrogens (tertiary/aromatic N) is 2. The normalized spacial score (nSPS) is 11.2. The first-order valence-corrected chi connectivity index (χ1v) is 6.49. The first kappa shape index (κ1) is 16.2. The van der Waals surface area contributed by atoms with Gasteiger partial charge < -0.3 is 14.8 Å². The van der Waals surface area contributed by atoms with E-state index in [1.54, 1.807) is 6.07 Å². The average molecular weight is 283 g/mol. The van der Waals surface area contributed by atoms with E-state index in [1.807, 2.05) is 27.7 Å². The molecular formula is C13H21N3O4. The van der Waals surface area contributed by atoms with Gasteiger partial charge in [0.25, 0.3) is 5.88 Å². The van der Waals surface area contributed by atoms with Crippen LogP contribution in [0, 0.1) is 10.1 Å². The fourth-order valence-electron chi connectivity index (χ4n) is 1.44. The lowest BCUT2D eigenvalue weighted by Crippen LogP contribution is -2.22. The number of anilines is 1. The van der Waals surface area contributed by atoms with E-state index in [4.69, 9.17) is 9.47 Å². The standard InChI is InChI=1S/C13H21N3O4/c1-5-14-11-7-6-10(16(17)18)12(15-11)19-8-9-20-13(2,3)4/h6-7H,5,8-9H2,1-4H3,(H,14,15). The van der Waals surface area contributed by atoms with Gasteiger partial charge >= 0.3 is 5.69 Å². The Morgan fingerprint density at radius 2 is 2.05 bits per heavy atom. The van der Waals surface area contributed by atoms with Crippen LogP contribution in [0.5, 0.6) is 5.88 Å². The molecule has 0 aliphatic carbocycles. The van der Waals surface area contributed by atoms with Crippen molar-refractivity contribution in [2.75, 3.05) is 25.1 Å². The first-order chi connectivity index (χ1) is 9.33. The molecule has 0 bridgehead atoms. The Bertz CT molecular complexity index is 457. The molecule has 0 atom stereocenters. The second kappa shape index (κ2) is 7.04. The van der Waals surface area contributed by atoms with Crippen molar-refractivity contribution in [3.8, 4) is 5.88 Å². The van der Waals surface area contributed by atoms with Crippen molar-refractivity contribution in [3.05, 3.63) is 22.2 Å². The molecule has 7 heteroatoms. The molecule has 112 valence electrons. The van der Waals surface area contributed by atoms with Gasteiger partial charge in [-0.25, -0.2) is 0 Å². The van der Waals surface area contributed by atoms with Crippen molar-refractivity contribution in [3.63, 3.8) is 0 Å². The zero-order valence-corrected chi connectivity index (χ0v) is 12.3. The van der Waals surface area contributed by atoms with Crippen LogP contribution in [-0.2, 0) is 4.74 Å². The number of rotatable bonds is 7. The van der Waals surface area contributed by atoms with Crippen LogP contribution in [0.1, 0.15) is 27.7 Å². The maximum atomic E-state index is 10.9. The molecule has 1 aromatic heterocycles. The zero-order valence-electron chi connectivity index (χ0n) is 12.3. The van der Waals surface area contributed by atoms with E-state index in [-0.39, 0.29) is 23.8 Å². The summed E-state index contributed by atoms with van der Waals surface area (Å²) in [4.78, 5) is 14.5. The molecule has 1 rings (SSSR count). The van der Waals surface area contributed by atoms with Gasteiger partial charge in [-0.2, -0.15) is 4.98 Å².